The van der Waals surface area contributed by atoms with Crippen LogP contribution in [-0.2, 0) is 19.1 Å². The van der Waals surface area contributed by atoms with Crippen molar-refractivity contribution in [1.82, 2.24) is 0 Å². The standard InChI is InChI=1S/C28H44F2O4/c1-17(7-6-8-24(32)33-5)21-9-10-22-25-23(12-14-27(21,22)4)26(3)13-11-20(34-18(2)31)15-19(26)16-28(25,29)30/h17,19-23,25H,6-16H2,1-5H3/t17-,19-,20+,21-,22+,23+,25+,26+,27-/m1/s1. The highest BCUT2D eigenvalue weighted by Crippen LogP contribution is 2.71. The van der Waals surface area contributed by atoms with E-state index in [1.165, 1.54) is 14.0 Å². The highest BCUT2D eigenvalue weighted by molar-refractivity contribution is 5.69. The first-order valence-electron chi connectivity index (χ1n) is 13.5. The SMILES string of the molecule is COC(=O)CCC[C@@H](C)[C@H]1CC[C@H]2[C@H]3[C@H](CC[C@]12C)[C@@]1(C)CC[C@H](OC(C)=O)C[C@@H]1CC3(F)F. The molecule has 4 aliphatic rings. The molecule has 0 heterocycles. The van der Waals surface area contributed by atoms with E-state index < -0.39 is 11.8 Å². The van der Waals surface area contributed by atoms with E-state index in [9.17, 15) is 9.59 Å². The van der Waals surface area contributed by atoms with Crippen molar-refractivity contribution in [2.45, 2.75) is 110 Å². The fraction of sp³-hybridized carbons (Fsp3) is 0.929. The summed E-state index contributed by atoms with van der Waals surface area (Å²) in [6.07, 6.45) is 7.99. The summed E-state index contributed by atoms with van der Waals surface area (Å²) >= 11 is 0. The first kappa shape index (κ1) is 25.9. The molecule has 194 valence electrons. The lowest BCUT2D eigenvalue weighted by Crippen LogP contribution is -2.61. The minimum absolute atomic E-state index is 0.0472. The molecular formula is C28H44F2O4. The molecule has 0 amide bonds. The summed E-state index contributed by atoms with van der Waals surface area (Å²) in [6, 6.07) is 0. The maximum absolute atomic E-state index is 16.0. The van der Waals surface area contributed by atoms with E-state index >= 15 is 8.78 Å². The van der Waals surface area contributed by atoms with E-state index in [0.717, 1.165) is 51.4 Å². The molecule has 6 heteroatoms. The number of hydrogen-bond acceptors (Lipinski definition) is 4. The number of alkyl halides is 2. The normalized spacial score (nSPS) is 43.7. The molecule has 0 N–H and O–H groups in total. The minimum Gasteiger partial charge on any atom is -0.469 e. The molecule has 9 atom stereocenters. The quantitative estimate of drug-likeness (QED) is 0.391. The van der Waals surface area contributed by atoms with Crippen molar-refractivity contribution >= 4 is 11.9 Å². The fourth-order valence-electron chi connectivity index (χ4n) is 9.31. The van der Waals surface area contributed by atoms with E-state index in [0.29, 0.717) is 24.7 Å². The maximum Gasteiger partial charge on any atom is 0.305 e. The molecule has 0 saturated heterocycles. The molecule has 4 aliphatic carbocycles. The van der Waals surface area contributed by atoms with Gasteiger partial charge in [0.15, 0.2) is 0 Å². The zero-order chi connectivity index (χ0) is 24.9. The summed E-state index contributed by atoms with van der Waals surface area (Å²) in [5, 5.41) is 0. The summed E-state index contributed by atoms with van der Waals surface area (Å²) in [5.74, 6) is -2.78. The molecule has 0 radical (unpaired) electrons. The van der Waals surface area contributed by atoms with Crippen molar-refractivity contribution in [3.05, 3.63) is 0 Å². The summed E-state index contributed by atoms with van der Waals surface area (Å²) in [4.78, 5) is 23.0. The number of halogens is 2. The lowest BCUT2D eigenvalue weighted by molar-refractivity contribution is -0.239. The second kappa shape index (κ2) is 9.35. The van der Waals surface area contributed by atoms with Gasteiger partial charge in [0, 0.05) is 25.7 Å². The topological polar surface area (TPSA) is 52.6 Å². The Morgan fingerprint density at radius 2 is 1.71 bits per heavy atom. The molecule has 4 saturated carbocycles. The molecule has 0 aliphatic heterocycles. The third kappa shape index (κ3) is 4.40. The molecule has 0 unspecified atom stereocenters. The molecule has 0 aromatic carbocycles. The van der Waals surface area contributed by atoms with E-state index in [4.69, 9.17) is 9.47 Å². The summed E-state index contributed by atoms with van der Waals surface area (Å²) in [6.45, 7) is 8.23. The van der Waals surface area contributed by atoms with Crippen LogP contribution in [0.1, 0.15) is 98.3 Å². The van der Waals surface area contributed by atoms with Crippen molar-refractivity contribution in [2.24, 2.45) is 46.3 Å². The van der Waals surface area contributed by atoms with E-state index in [1.807, 2.05) is 0 Å². The number of ether oxygens (including phenoxy) is 2. The molecule has 0 aromatic rings. The van der Waals surface area contributed by atoms with E-state index in [1.54, 1.807) is 0 Å². The third-order valence-electron chi connectivity index (χ3n) is 11.0. The number of esters is 2. The van der Waals surface area contributed by atoms with Gasteiger partial charge in [0.2, 0.25) is 0 Å². The molecule has 0 bridgehead atoms. The van der Waals surface area contributed by atoms with Crippen LogP contribution in [0.15, 0.2) is 0 Å². The third-order valence-corrected chi connectivity index (χ3v) is 11.0. The van der Waals surface area contributed by atoms with Crippen LogP contribution in [0.3, 0.4) is 0 Å². The van der Waals surface area contributed by atoms with Crippen LogP contribution in [0.25, 0.3) is 0 Å². The predicted molar refractivity (Wildman–Crippen MR) is 126 cm³/mol. The van der Waals surface area contributed by atoms with Crippen LogP contribution in [0.4, 0.5) is 8.78 Å². The molecule has 4 fully saturated rings. The molecule has 4 nitrogen and oxygen atoms in total. The van der Waals surface area contributed by atoms with Crippen molar-refractivity contribution in [1.29, 1.82) is 0 Å². The summed E-state index contributed by atoms with van der Waals surface area (Å²) < 4.78 is 42.2. The first-order valence-corrected chi connectivity index (χ1v) is 13.5. The molecular weight excluding hydrogens is 438 g/mol. The Kier molecular flexibility index (Phi) is 7.12. The van der Waals surface area contributed by atoms with Gasteiger partial charge in [0.25, 0.3) is 5.92 Å². The Labute approximate surface area is 203 Å². The lowest BCUT2D eigenvalue weighted by Gasteiger charge is -2.63. The van der Waals surface area contributed by atoms with Gasteiger partial charge in [0.1, 0.15) is 6.10 Å². The van der Waals surface area contributed by atoms with Crippen molar-refractivity contribution in [2.75, 3.05) is 7.11 Å². The number of carbonyl (C=O) groups is 2. The van der Waals surface area contributed by atoms with Gasteiger partial charge >= 0.3 is 11.9 Å². The van der Waals surface area contributed by atoms with Gasteiger partial charge in [-0.25, -0.2) is 8.78 Å². The van der Waals surface area contributed by atoms with Gasteiger partial charge < -0.3 is 9.47 Å². The van der Waals surface area contributed by atoms with Crippen LogP contribution < -0.4 is 0 Å². The molecule has 34 heavy (non-hydrogen) atoms. The smallest absolute Gasteiger partial charge is 0.305 e. The number of rotatable bonds is 6. The van der Waals surface area contributed by atoms with Gasteiger partial charge in [-0.1, -0.05) is 20.8 Å². The Hall–Kier alpha value is -1.20. The van der Waals surface area contributed by atoms with Gasteiger partial charge in [0.05, 0.1) is 7.11 Å². The van der Waals surface area contributed by atoms with Gasteiger partial charge in [-0.15, -0.1) is 0 Å². The number of methoxy groups -OCH3 is 1. The number of carbonyl (C=O) groups excluding carboxylic acids is 2. The van der Waals surface area contributed by atoms with Crippen molar-refractivity contribution < 1.29 is 27.8 Å². The maximum atomic E-state index is 16.0. The van der Waals surface area contributed by atoms with Crippen molar-refractivity contribution in [3.8, 4) is 0 Å². The van der Waals surface area contributed by atoms with Gasteiger partial charge in [-0.3, -0.25) is 9.59 Å². The highest BCUT2D eigenvalue weighted by atomic mass is 19.3. The molecule has 4 rings (SSSR count). The molecule has 0 aromatic heterocycles. The lowest BCUT2D eigenvalue weighted by atomic mass is 9.43. The minimum atomic E-state index is -2.66. The van der Waals surface area contributed by atoms with E-state index in [2.05, 4.69) is 20.8 Å². The summed E-state index contributed by atoms with van der Waals surface area (Å²) in [5.41, 5.74) is -0.137. The highest BCUT2D eigenvalue weighted by Gasteiger charge is 2.68. The van der Waals surface area contributed by atoms with Gasteiger partial charge in [-0.05, 0) is 98.2 Å². The first-order chi connectivity index (χ1) is 15.9. The largest absolute Gasteiger partial charge is 0.469 e. The average molecular weight is 483 g/mol. The predicted octanol–water partition coefficient (Wildman–Crippen LogP) is 6.80. The Bertz CT molecular complexity index is 784. The fourth-order valence-corrected chi connectivity index (χ4v) is 9.31. The Morgan fingerprint density at radius 3 is 2.38 bits per heavy atom. The monoisotopic (exact) mass is 482 g/mol. The molecule has 0 spiro atoms. The zero-order valence-electron chi connectivity index (χ0n) is 21.7. The van der Waals surface area contributed by atoms with Crippen LogP contribution in [0.5, 0.6) is 0 Å². The second-order valence-electron chi connectivity index (χ2n) is 12.6. The Morgan fingerprint density at radius 1 is 1.03 bits per heavy atom. The number of fused-ring (bicyclic) bond motifs is 5. The number of hydrogen-bond donors (Lipinski definition) is 0. The van der Waals surface area contributed by atoms with E-state index in [-0.39, 0.29) is 53.0 Å². The van der Waals surface area contributed by atoms with Crippen LogP contribution in [0, 0.1) is 46.3 Å². The second-order valence-corrected chi connectivity index (χ2v) is 12.6. The van der Waals surface area contributed by atoms with Crippen LogP contribution in [0.2, 0.25) is 0 Å². The summed E-state index contributed by atoms with van der Waals surface area (Å²) in [7, 11) is 1.42. The van der Waals surface area contributed by atoms with Crippen LogP contribution in [-0.4, -0.2) is 31.1 Å². The van der Waals surface area contributed by atoms with Gasteiger partial charge in [-0.2, -0.15) is 0 Å². The van der Waals surface area contributed by atoms with Crippen LogP contribution >= 0.6 is 0 Å². The zero-order valence-corrected chi connectivity index (χ0v) is 21.7. The van der Waals surface area contributed by atoms with Crippen molar-refractivity contribution in [3.63, 3.8) is 0 Å². The Balaban J connectivity index is 1.50. The average Bonchev–Trinajstić information content (AvgIpc) is 3.11.